The van der Waals surface area contributed by atoms with Crippen LogP contribution in [0, 0.1) is 5.92 Å². The number of nitrogens with one attached hydrogen (secondary N) is 1. The number of hydrogen-bond donors (Lipinski definition) is 1. The van der Waals surface area contributed by atoms with E-state index in [9.17, 15) is 4.79 Å². The lowest BCUT2D eigenvalue weighted by atomic mass is 9.99. The average molecular weight is 309 g/mol. The van der Waals surface area contributed by atoms with Gasteiger partial charge in [0.05, 0.1) is 6.42 Å². The molecule has 1 N–H and O–H groups in total. The monoisotopic (exact) mass is 309 g/mol. The van der Waals surface area contributed by atoms with Crippen molar-refractivity contribution in [1.29, 1.82) is 0 Å². The van der Waals surface area contributed by atoms with E-state index in [1.165, 1.54) is 18.5 Å². The predicted octanol–water partition coefficient (Wildman–Crippen LogP) is 3.50. The summed E-state index contributed by atoms with van der Waals surface area (Å²) in [6.07, 6.45) is 4.51. The molecule has 0 bridgehead atoms. The first-order valence-corrected chi connectivity index (χ1v) is 8.25. The Morgan fingerprint density at radius 3 is 2.57 bits per heavy atom. The molecule has 0 radical (unpaired) electrons. The first-order valence-electron chi connectivity index (χ1n) is 8.25. The number of hydrogen-bond acceptors (Lipinski definition) is 3. The van der Waals surface area contributed by atoms with Gasteiger partial charge in [-0.1, -0.05) is 13.0 Å². The second-order valence-electron chi connectivity index (χ2n) is 6.26. The summed E-state index contributed by atoms with van der Waals surface area (Å²) < 4.78 is 0. The maximum absolute atomic E-state index is 12.0. The van der Waals surface area contributed by atoms with Crippen molar-refractivity contribution in [3.63, 3.8) is 0 Å². The normalized spacial score (nSPS) is 15.4. The van der Waals surface area contributed by atoms with E-state index in [1.807, 2.05) is 30.3 Å². The van der Waals surface area contributed by atoms with Gasteiger partial charge in [0.15, 0.2) is 0 Å². The average Bonchev–Trinajstić information content (AvgIpc) is 2.57. The van der Waals surface area contributed by atoms with Gasteiger partial charge in [-0.3, -0.25) is 9.78 Å². The molecule has 23 heavy (non-hydrogen) atoms. The molecule has 2 aromatic rings. The lowest BCUT2D eigenvalue weighted by molar-refractivity contribution is -0.115. The van der Waals surface area contributed by atoms with Gasteiger partial charge >= 0.3 is 0 Å². The molecule has 2 heterocycles. The minimum absolute atomic E-state index is 0.0387. The lowest BCUT2D eigenvalue weighted by Crippen LogP contribution is -2.32. The van der Waals surface area contributed by atoms with Crippen LogP contribution < -0.4 is 10.2 Å². The topological polar surface area (TPSA) is 45.2 Å². The molecule has 0 aliphatic carbocycles. The van der Waals surface area contributed by atoms with E-state index in [2.05, 4.69) is 34.3 Å². The Balaban J connectivity index is 1.56. The third kappa shape index (κ3) is 4.31. The van der Waals surface area contributed by atoms with Crippen molar-refractivity contribution in [2.24, 2.45) is 5.92 Å². The quantitative estimate of drug-likeness (QED) is 0.940. The molecule has 1 amide bonds. The minimum atomic E-state index is -0.0387. The lowest BCUT2D eigenvalue weighted by Gasteiger charge is -2.32. The first-order chi connectivity index (χ1) is 11.2. The highest BCUT2D eigenvalue weighted by molar-refractivity contribution is 5.92. The number of nitrogens with zero attached hydrogens (tertiary/aromatic N) is 2. The van der Waals surface area contributed by atoms with Crippen LogP contribution in [0.1, 0.15) is 25.5 Å². The highest BCUT2D eigenvalue weighted by atomic mass is 16.1. The van der Waals surface area contributed by atoms with Gasteiger partial charge in [-0.05, 0) is 55.2 Å². The largest absolute Gasteiger partial charge is 0.372 e. The van der Waals surface area contributed by atoms with Crippen molar-refractivity contribution < 1.29 is 4.79 Å². The van der Waals surface area contributed by atoms with E-state index in [1.54, 1.807) is 6.20 Å². The Labute approximate surface area is 137 Å². The Morgan fingerprint density at radius 1 is 1.17 bits per heavy atom. The summed E-state index contributed by atoms with van der Waals surface area (Å²) in [6, 6.07) is 13.7. The molecule has 4 heteroatoms. The molecule has 1 aliphatic heterocycles. The van der Waals surface area contributed by atoms with Gasteiger partial charge < -0.3 is 10.2 Å². The molecule has 0 atom stereocenters. The van der Waals surface area contributed by atoms with Crippen LogP contribution in [0.4, 0.5) is 11.4 Å². The third-order valence-corrected chi connectivity index (χ3v) is 4.37. The van der Waals surface area contributed by atoms with Gasteiger partial charge in [0, 0.05) is 36.4 Å². The number of piperidine rings is 1. The molecule has 1 aliphatic rings. The van der Waals surface area contributed by atoms with Crippen molar-refractivity contribution in [1.82, 2.24) is 4.98 Å². The minimum Gasteiger partial charge on any atom is -0.372 e. The summed E-state index contributed by atoms with van der Waals surface area (Å²) in [7, 11) is 0. The molecule has 1 aromatic carbocycles. The van der Waals surface area contributed by atoms with Crippen LogP contribution in [0.15, 0.2) is 48.7 Å². The van der Waals surface area contributed by atoms with Crippen LogP contribution in [-0.4, -0.2) is 24.0 Å². The van der Waals surface area contributed by atoms with Gasteiger partial charge in [-0.25, -0.2) is 0 Å². The zero-order valence-corrected chi connectivity index (χ0v) is 13.5. The molecule has 0 saturated carbocycles. The SMILES string of the molecule is CC1CCN(c2ccc(NC(=O)Cc3ccccn3)cc2)CC1. The third-order valence-electron chi connectivity index (χ3n) is 4.37. The summed E-state index contributed by atoms with van der Waals surface area (Å²) in [6.45, 7) is 4.55. The Kier molecular flexibility index (Phi) is 4.91. The number of benzene rings is 1. The molecule has 1 saturated heterocycles. The van der Waals surface area contributed by atoms with Crippen LogP contribution in [0.2, 0.25) is 0 Å². The summed E-state index contributed by atoms with van der Waals surface area (Å²) >= 11 is 0. The number of carbonyl (C=O) groups is 1. The molecule has 0 unspecified atom stereocenters. The highest BCUT2D eigenvalue weighted by Crippen LogP contribution is 2.24. The number of pyridine rings is 1. The molecule has 3 rings (SSSR count). The van der Waals surface area contributed by atoms with Crippen LogP contribution in [-0.2, 0) is 11.2 Å². The smallest absolute Gasteiger partial charge is 0.230 e. The number of carbonyl (C=O) groups excluding carboxylic acids is 1. The van der Waals surface area contributed by atoms with Crippen molar-refractivity contribution in [3.05, 3.63) is 54.4 Å². The van der Waals surface area contributed by atoms with Crippen LogP contribution in [0.5, 0.6) is 0 Å². The fourth-order valence-corrected chi connectivity index (χ4v) is 2.89. The summed E-state index contributed by atoms with van der Waals surface area (Å²) in [5.41, 5.74) is 2.85. The number of rotatable bonds is 4. The van der Waals surface area contributed by atoms with Crippen LogP contribution in [0.3, 0.4) is 0 Å². The molecular formula is C19H23N3O. The van der Waals surface area contributed by atoms with Gasteiger partial charge in [-0.15, -0.1) is 0 Å². The Morgan fingerprint density at radius 2 is 1.91 bits per heavy atom. The van der Waals surface area contributed by atoms with Crippen LogP contribution >= 0.6 is 0 Å². The van der Waals surface area contributed by atoms with Crippen molar-refractivity contribution >= 4 is 17.3 Å². The predicted molar refractivity (Wildman–Crippen MR) is 93.6 cm³/mol. The molecule has 1 fully saturated rings. The molecule has 1 aromatic heterocycles. The Hall–Kier alpha value is -2.36. The van der Waals surface area contributed by atoms with Crippen molar-refractivity contribution in [3.8, 4) is 0 Å². The van der Waals surface area contributed by atoms with E-state index < -0.39 is 0 Å². The second-order valence-corrected chi connectivity index (χ2v) is 6.26. The fourth-order valence-electron chi connectivity index (χ4n) is 2.89. The van der Waals surface area contributed by atoms with Gasteiger partial charge in [0.1, 0.15) is 0 Å². The van der Waals surface area contributed by atoms with E-state index in [-0.39, 0.29) is 5.91 Å². The van der Waals surface area contributed by atoms with E-state index in [0.29, 0.717) is 6.42 Å². The van der Waals surface area contributed by atoms with Gasteiger partial charge in [-0.2, -0.15) is 0 Å². The molecule has 4 nitrogen and oxygen atoms in total. The first kappa shape index (κ1) is 15.5. The van der Waals surface area contributed by atoms with Gasteiger partial charge in [0.2, 0.25) is 5.91 Å². The van der Waals surface area contributed by atoms with E-state index >= 15 is 0 Å². The molecule has 120 valence electrons. The van der Waals surface area contributed by atoms with Crippen LogP contribution in [0.25, 0.3) is 0 Å². The number of aromatic nitrogens is 1. The molecular weight excluding hydrogens is 286 g/mol. The number of anilines is 2. The summed E-state index contributed by atoms with van der Waals surface area (Å²) in [4.78, 5) is 18.6. The maximum Gasteiger partial charge on any atom is 0.230 e. The standard InChI is InChI=1S/C19H23N3O/c1-15-9-12-22(13-10-15)18-7-5-16(6-8-18)21-19(23)14-17-4-2-3-11-20-17/h2-8,11,15H,9-10,12-14H2,1H3,(H,21,23). The maximum atomic E-state index is 12.0. The summed E-state index contributed by atoms with van der Waals surface area (Å²) in [5.74, 6) is 0.791. The Bertz CT molecular complexity index is 631. The van der Waals surface area contributed by atoms with Crippen molar-refractivity contribution in [2.45, 2.75) is 26.2 Å². The fraction of sp³-hybridized carbons (Fsp3) is 0.368. The number of amides is 1. The zero-order chi connectivity index (χ0) is 16.1. The second kappa shape index (κ2) is 7.27. The summed E-state index contributed by atoms with van der Waals surface area (Å²) in [5, 5.41) is 2.93. The molecule has 0 spiro atoms. The van der Waals surface area contributed by atoms with Gasteiger partial charge in [0.25, 0.3) is 0 Å². The van der Waals surface area contributed by atoms with Crippen molar-refractivity contribution in [2.75, 3.05) is 23.3 Å². The zero-order valence-electron chi connectivity index (χ0n) is 13.5. The van der Waals surface area contributed by atoms with E-state index in [0.717, 1.165) is 30.4 Å². The van der Waals surface area contributed by atoms with E-state index in [4.69, 9.17) is 0 Å². The highest BCUT2D eigenvalue weighted by Gasteiger charge is 2.15.